The van der Waals surface area contributed by atoms with Gasteiger partial charge >= 0.3 is 0 Å². The van der Waals surface area contributed by atoms with Gasteiger partial charge in [-0.05, 0) is 73.4 Å². The number of aromatic nitrogens is 1. The molecule has 0 aliphatic heterocycles. The van der Waals surface area contributed by atoms with E-state index in [0.29, 0.717) is 23.5 Å². The molecule has 1 heterocycles. The first-order valence-corrected chi connectivity index (χ1v) is 10.3. The fourth-order valence-electron chi connectivity index (χ4n) is 2.94. The Morgan fingerprint density at radius 2 is 1.76 bits per heavy atom. The first-order chi connectivity index (χ1) is 13.9. The van der Waals surface area contributed by atoms with E-state index in [9.17, 15) is 13.2 Å². The van der Waals surface area contributed by atoms with Crippen molar-refractivity contribution in [2.75, 3.05) is 4.31 Å². The van der Waals surface area contributed by atoms with Gasteiger partial charge in [0.1, 0.15) is 0 Å². The van der Waals surface area contributed by atoms with Crippen LogP contribution in [0.2, 0.25) is 0 Å². The zero-order valence-corrected chi connectivity index (χ0v) is 17.4. The molecule has 0 saturated carbocycles. The summed E-state index contributed by atoms with van der Waals surface area (Å²) in [5.74, 6) is -0.281. The molecular weight excluding hydrogens is 386 g/mol. The second kappa shape index (κ2) is 8.87. The molecule has 1 N–H and O–H groups in total. The van der Waals surface area contributed by atoms with Gasteiger partial charge in [0, 0.05) is 24.5 Å². The number of anilines is 2. The van der Waals surface area contributed by atoms with E-state index in [-0.39, 0.29) is 5.91 Å². The number of carbonyl (C=O) groups excluding carboxylic acids is 1. The average Bonchev–Trinajstić information content (AvgIpc) is 2.71. The summed E-state index contributed by atoms with van der Waals surface area (Å²) in [6, 6.07) is 14.2. The van der Waals surface area contributed by atoms with Gasteiger partial charge in [-0.1, -0.05) is 18.2 Å². The van der Waals surface area contributed by atoms with Crippen LogP contribution < -0.4 is 9.62 Å². The molecule has 0 aliphatic carbocycles. The van der Waals surface area contributed by atoms with Crippen LogP contribution in [-0.4, -0.2) is 19.3 Å². The number of nitrogens with zero attached hydrogens (tertiary/aromatic N) is 2. The molecule has 0 unspecified atom stereocenters. The molecule has 29 heavy (non-hydrogen) atoms. The van der Waals surface area contributed by atoms with E-state index in [2.05, 4.69) is 10.3 Å². The maximum absolute atomic E-state index is 12.6. The maximum atomic E-state index is 12.6. The molecule has 1 amide bonds. The Balaban J connectivity index is 1.91. The highest BCUT2D eigenvalue weighted by Gasteiger charge is 2.17. The predicted molar refractivity (Wildman–Crippen MR) is 115 cm³/mol. The fraction of sp³-hybridized carbons (Fsp3) is 0.182. The molecule has 3 aromatic rings. The van der Waals surface area contributed by atoms with Crippen molar-refractivity contribution in [3.63, 3.8) is 0 Å². The van der Waals surface area contributed by atoms with E-state index in [1.165, 1.54) is 4.31 Å². The number of nitrogens with one attached hydrogen (secondary N) is 1. The van der Waals surface area contributed by atoms with Crippen molar-refractivity contribution in [3.05, 3.63) is 88.7 Å². The van der Waals surface area contributed by atoms with Gasteiger partial charge in [-0.2, -0.15) is 0 Å². The highest BCUT2D eigenvalue weighted by atomic mass is 32.2. The van der Waals surface area contributed by atoms with Crippen LogP contribution in [0.3, 0.4) is 0 Å². The number of amides is 1. The van der Waals surface area contributed by atoms with E-state index < -0.39 is 10.9 Å². The van der Waals surface area contributed by atoms with Crippen LogP contribution >= 0.6 is 0 Å². The van der Waals surface area contributed by atoms with E-state index >= 15 is 0 Å². The van der Waals surface area contributed by atoms with Crippen LogP contribution in [0.5, 0.6) is 0 Å². The normalized spacial score (nSPS) is 10.8. The minimum atomic E-state index is -2.94. The minimum Gasteiger partial charge on any atom is -0.348 e. The monoisotopic (exact) mass is 409 g/mol. The predicted octanol–water partition coefficient (Wildman–Crippen LogP) is 3.60. The van der Waals surface area contributed by atoms with Crippen LogP contribution in [0.1, 0.15) is 32.6 Å². The third-order valence-corrected chi connectivity index (χ3v) is 5.55. The van der Waals surface area contributed by atoms with Gasteiger partial charge in [0.2, 0.25) is 10.9 Å². The van der Waals surface area contributed by atoms with E-state index in [1.807, 2.05) is 39.0 Å². The third kappa shape index (κ3) is 4.81. The Morgan fingerprint density at radius 1 is 1.00 bits per heavy atom. The van der Waals surface area contributed by atoms with E-state index in [0.717, 1.165) is 22.3 Å². The van der Waals surface area contributed by atoms with Gasteiger partial charge in [0.25, 0.3) is 5.91 Å². The summed E-state index contributed by atoms with van der Waals surface area (Å²) in [5, 5.41) is 2.84. The third-order valence-electron chi connectivity index (χ3n) is 4.77. The molecule has 150 valence electrons. The van der Waals surface area contributed by atoms with Crippen LogP contribution in [0.15, 0.2) is 60.9 Å². The second-order valence-electron chi connectivity index (χ2n) is 6.86. The molecule has 0 saturated heterocycles. The Kier molecular flexibility index (Phi) is 6.29. The summed E-state index contributed by atoms with van der Waals surface area (Å²) in [7, 11) is -2.94. The lowest BCUT2D eigenvalue weighted by atomic mass is 10.1. The number of pyridine rings is 1. The molecule has 0 fully saturated rings. The van der Waals surface area contributed by atoms with Crippen molar-refractivity contribution in [1.82, 2.24) is 10.3 Å². The van der Waals surface area contributed by atoms with Gasteiger partial charge in [-0.3, -0.25) is 9.78 Å². The van der Waals surface area contributed by atoms with E-state index in [1.54, 1.807) is 42.7 Å². The lowest BCUT2D eigenvalue weighted by Gasteiger charge is -2.21. The van der Waals surface area contributed by atoms with Crippen molar-refractivity contribution in [2.45, 2.75) is 27.3 Å². The molecule has 6 nitrogen and oxygen atoms in total. The lowest BCUT2D eigenvalue weighted by Crippen LogP contribution is -2.23. The summed E-state index contributed by atoms with van der Waals surface area (Å²) >= 11 is 0. The Hall–Kier alpha value is -3.19. The van der Waals surface area contributed by atoms with Gasteiger partial charge in [-0.25, -0.2) is 12.7 Å². The Morgan fingerprint density at radius 3 is 2.41 bits per heavy atom. The smallest absolute Gasteiger partial charge is 0.251 e. The number of aryl methyl sites for hydroxylation is 3. The summed E-state index contributed by atoms with van der Waals surface area (Å²) < 4.78 is 25.4. The van der Waals surface area contributed by atoms with Crippen molar-refractivity contribution in [1.29, 1.82) is 0 Å². The first-order valence-electron chi connectivity index (χ1n) is 9.16. The van der Waals surface area contributed by atoms with Gasteiger partial charge in [0.15, 0.2) is 0 Å². The molecule has 0 bridgehead atoms. The largest absolute Gasteiger partial charge is 0.348 e. The topological polar surface area (TPSA) is 79.4 Å². The molecule has 0 atom stereocenters. The highest BCUT2D eigenvalue weighted by Crippen LogP contribution is 2.31. The number of hydrogen-bond acceptors (Lipinski definition) is 4. The second-order valence-corrected chi connectivity index (χ2v) is 7.74. The highest BCUT2D eigenvalue weighted by molar-refractivity contribution is 7.74. The van der Waals surface area contributed by atoms with Crippen LogP contribution in [0.25, 0.3) is 0 Å². The minimum absolute atomic E-state index is 0.281. The Bertz CT molecular complexity index is 1100. The fourth-order valence-corrected chi connectivity index (χ4v) is 3.65. The number of rotatable bonds is 6. The number of benzene rings is 2. The quantitative estimate of drug-likeness (QED) is 0.610. The van der Waals surface area contributed by atoms with Gasteiger partial charge in [-0.15, -0.1) is 0 Å². The van der Waals surface area contributed by atoms with Crippen LogP contribution in [-0.2, 0) is 17.4 Å². The Labute approximate surface area is 172 Å². The summed E-state index contributed by atoms with van der Waals surface area (Å²) in [6.07, 6.45) is 3.35. The molecule has 0 spiro atoms. The van der Waals surface area contributed by atoms with Gasteiger partial charge < -0.3 is 5.32 Å². The van der Waals surface area contributed by atoms with Crippen molar-refractivity contribution < 1.29 is 13.2 Å². The molecule has 3 rings (SSSR count). The number of hydrogen-bond donors (Lipinski definition) is 2. The average molecular weight is 410 g/mol. The van der Waals surface area contributed by atoms with Crippen molar-refractivity contribution >= 4 is 28.2 Å². The molecule has 0 aliphatic rings. The molecule has 7 heteroatoms. The maximum Gasteiger partial charge on any atom is 0.251 e. The molecule has 0 radical (unpaired) electrons. The number of carbonyl (C=O) groups is 1. The van der Waals surface area contributed by atoms with Gasteiger partial charge in [0.05, 0.1) is 11.4 Å². The molecule has 2 aromatic carbocycles. The van der Waals surface area contributed by atoms with E-state index in [4.69, 9.17) is 0 Å². The molecule has 1 aromatic heterocycles. The summed E-state index contributed by atoms with van der Waals surface area (Å²) in [5.41, 5.74) is 5.10. The SMILES string of the molecule is Cc1ccc(N(c2cc(C(=O)NCc3cccnc3)ccc2C)[SH](=O)=O)cc1C. The summed E-state index contributed by atoms with van der Waals surface area (Å²) in [6.45, 7) is 6.06. The van der Waals surface area contributed by atoms with Crippen molar-refractivity contribution in [3.8, 4) is 0 Å². The standard InChI is InChI=1S/C22H23N3O3S/c1-15-7-9-20(11-17(15)3)25(29(27)28)21-12-19(8-6-16(21)2)22(26)24-14-18-5-4-10-23-13-18/h4-13,29H,14H2,1-3H3,(H,24,26). The number of thiol groups is 1. The lowest BCUT2D eigenvalue weighted by molar-refractivity contribution is 0.0951. The van der Waals surface area contributed by atoms with Crippen LogP contribution in [0.4, 0.5) is 11.4 Å². The summed E-state index contributed by atoms with van der Waals surface area (Å²) in [4.78, 5) is 16.6. The van der Waals surface area contributed by atoms with Crippen LogP contribution in [0, 0.1) is 20.8 Å². The zero-order chi connectivity index (χ0) is 21.0. The zero-order valence-electron chi connectivity index (χ0n) is 16.5. The first kappa shape index (κ1) is 20.5. The molecular formula is C22H23N3O3S. The van der Waals surface area contributed by atoms with Crippen molar-refractivity contribution in [2.24, 2.45) is 0 Å².